The Bertz CT molecular complexity index is 3160. The van der Waals surface area contributed by atoms with Crippen molar-refractivity contribution in [3.63, 3.8) is 0 Å². The summed E-state index contributed by atoms with van der Waals surface area (Å²) in [4.78, 5) is 14.9. The predicted molar refractivity (Wildman–Crippen MR) is 236 cm³/mol. The Balaban J connectivity index is 1.04. The lowest BCUT2D eigenvalue weighted by atomic mass is 10.00. The van der Waals surface area contributed by atoms with Gasteiger partial charge in [-0.15, -0.1) is 0 Å². The summed E-state index contributed by atoms with van der Waals surface area (Å²) in [5.74, 6) is 2.46. The summed E-state index contributed by atoms with van der Waals surface area (Å²) < 4.78 is 4.79. The van der Waals surface area contributed by atoms with E-state index in [4.69, 9.17) is 15.0 Å². The second-order valence-electron chi connectivity index (χ2n) is 15.0. The van der Waals surface area contributed by atoms with Crippen molar-refractivity contribution < 1.29 is 0 Å². The van der Waals surface area contributed by atoms with Gasteiger partial charge in [-0.25, -0.2) is 15.0 Å². The Kier molecular flexibility index (Phi) is 7.78. The summed E-state index contributed by atoms with van der Waals surface area (Å²) in [6, 6.07) is 57.9. The van der Waals surface area contributed by atoms with Gasteiger partial charge in [0.15, 0.2) is 17.5 Å². The molecule has 11 rings (SSSR count). The zero-order valence-corrected chi connectivity index (χ0v) is 31.4. The quantitative estimate of drug-likeness (QED) is 0.171. The number of allylic oxidation sites excluding steroid dienone is 4. The molecule has 7 aromatic carbocycles. The van der Waals surface area contributed by atoms with Gasteiger partial charge in [0.05, 0.1) is 16.6 Å². The molecule has 3 heterocycles. The molecule has 1 aliphatic carbocycles. The molecule has 57 heavy (non-hydrogen) atoms. The first kappa shape index (κ1) is 33.0. The van der Waals surface area contributed by atoms with E-state index in [0.29, 0.717) is 23.4 Å². The van der Waals surface area contributed by atoms with E-state index in [1.165, 1.54) is 49.2 Å². The van der Waals surface area contributed by atoms with Crippen molar-refractivity contribution in [2.24, 2.45) is 5.92 Å². The second kappa shape index (κ2) is 13.4. The molecule has 0 saturated heterocycles. The zero-order chi connectivity index (χ0) is 37.9. The van der Waals surface area contributed by atoms with Crippen LogP contribution < -0.4 is 0 Å². The topological polar surface area (TPSA) is 48.5 Å². The first-order chi connectivity index (χ1) is 28.2. The van der Waals surface area contributed by atoms with Crippen LogP contribution in [0.1, 0.15) is 13.3 Å². The van der Waals surface area contributed by atoms with Gasteiger partial charge < -0.3 is 9.13 Å². The second-order valence-corrected chi connectivity index (χ2v) is 15.0. The Hall–Kier alpha value is -7.37. The number of benzene rings is 7. The number of hydrogen-bond acceptors (Lipinski definition) is 3. The van der Waals surface area contributed by atoms with Crippen molar-refractivity contribution >= 4 is 49.2 Å². The van der Waals surface area contributed by atoms with Gasteiger partial charge in [0, 0.05) is 55.8 Å². The van der Waals surface area contributed by atoms with Gasteiger partial charge in [-0.3, -0.25) is 0 Å². The first-order valence-electron chi connectivity index (χ1n) is 19.6. The first-order valence-corrected chi connectivity index (χ1v) is 19.6. The van der Waals surface area contributed by atoms with Gasteiger partial charge >= 0.3 is 0 Å². The molecule has 10 aromatic rings. The van der Waals surface area contributed by atoms with Gasteiger partial charge in [0.25, 0.3) is 0 Å². The van der Waals surface area contributed by atoms with E-state index >= 15 is 0 Å². The standard InChI is InChI=1S/C52H37N5/c1-34-13-10-21-41(31-34)56-30-29-35-25-26-43-44(49(35)56)27-28-47-48(43)45-23-8-9-24-46(45)57(47)42-22-12-19-39(33-42)38-18-11-20-40(32-38)52-54-50(36-14-4-2-5-15-36)53-51(55-52)37-16-6-3-7-17-37/h2-12,14-34H,13H2,1H3. The Morgan fingerprint density at radius 2 is 1.14 bits per heavy atom. The summed E-state index contributed by atoms with van der Waals surface area (Å²) >= 11 is 0. The molecule has 270 valence electrons. The maximum Gasteiger partial charge on any atom is 0.164 e. The molecule has 3 aromatic heterocycles. The Morgan fingerprint density at radius 3 is 1.89 bits per heavy atom. The monoisotopic (exact) mass is 731 g/mol. The molecule has 5 nitrogen and oxygen atoms in total. The van der Waals surface area contributed by atoms with Crippen molar-refractivity contribution in [3.8, 4) is 51.0 Å². The van der Waals surface area contributed by atoms with Crippen LogP contribution in [0.15, 0.2) is 188 Å². The molecule has 5 heteroatoms. The minimum Gasteiger partial charge on any atom is -0.316 e. The summed E-state index contributed by atoms with van der Waals surface area (Å²) in [7, 11) is 0. The van der Waals surface area contributed by atoms with E-state index in [2.05, 4.69) is 144 Å². The number of aromatic nitrogens is 5. The van der Waals surface area contributed by atoms with Gasteiger partial charge in [-0.1, -0.05) is 146 Å². The smallest absolute Gasteiger partial charge is 0.164 e. The molecular formula is C52H37N5. The van der Waals surface area contributed by atoms with E-state index < -0.39 is 0 Å². The van der Waals surface area contributed by atoms with E-state index in [9.17, 15) is 0 Å². The Morgan fingerprint density at radius 1 is 0.509 bits per heavy atom. The van der Waals surface area contributed by atoms with Crippen LogP contribution in [0.3, 0.4) is 0 Å². The minimum absolute atomic E-state index is 0.518. The molecule has 0 spiro atoms. The Labute approximate surface area is 330 Å². The molecule has 0 amide bonds. The van der Waals surface area contributed by atoms with Gasteiger partial charge in [0.1, 0.15) is 0 Å². The van der Waals surface area contributed by atoms with Gasteiger partial charge in [-0.2, -0.15) is 0 Å². The fraction of sp³-hybridized carbons (Fsp3) is 0.0577. The number of nitrogens with zero attached hydrogens (tertiary/aromatic N) is 5. The fourth-order valence-corrected chi connectivity index (χ4v) is 8.58. The third-order valence-corrected chi connectivity index (χ3v) is 11.3. The summed E-state index contributed by atoms with van der Waals surface area (Å²) in [6.45, 7) is 2.29. The van der Waals surface area contributed by atoms with Crippen LogP contribution >= 0.6 is 0 Å². The minimum atomic E-state index is 0.518. The highest BCUT2D eigenvalue weighted by Gasteiger charge is 2.19. The molecule has 0 bridgehead atoms. The highest BCUT2D eigenvalue weighted by molar-refractivity contribution is 6.25. The van der Waals surface area contributed by atoms with Crippen molar-refractivity contribution in [1.82, 2.24) is 24.1 Å². The average Bonchev–Trinajstić information content (AvgIpc) is 3.87. The molecule has 0 fully saturated rings. The normalized spacial score (nSPS) is 14.2. The molecule has 0 saturated carbocycles. The summed E-state index contributed by atoms with van der Waals surface area (Å²) in [5, 5.41) is 6.28. The van der Waals surface area contributed by atoms with Gasteiger partial charge in [-0.05, 0) is 71.3 Å². The number of rotatable bonds is 6. The maximum absolute atomic E-state index is 5.00. The zero-order valence-electron chi connectivity index (χ0n) is 31.4. The lowest BCUT2D eigenvalue weighted by Crippen LogP contribution is -2.01. The van der Waals surface area contributed by atoms with Gasteiger partial charge in [0.2, 0.25) is 0 Å². The van der Waals surface area contributed by atoms with Crippen LogP contribution in [0.5, 0.6) is 0 Å². The molecule has 0 N–H and O–H groups in total. The van der Waals surface area contributed by atoms with Crippen molar-refractivity contribution in [1.29, 1.82) is 0 Å². The summed E-state index contributed by atoms with van der Waals surface area (Å²) in [6.07, 6.45) is 10.3. The van der Waals surface area contributed by atoms with Crippen LogP contribution in [0.25, 0.3) is 100 Å². The van der Waals surface area contributed by atoms with Crippen molar-refractivity contribution in [3.05, 3.63) is 188 Å². The largest absolute Gasteiger partial charge is 0.316 e. The van der Waals surface area contributed by atoms with E-state index in [1.807, 2.05) is 60.7 Å². The molecule has 1 atom stereocenters. The van der Waals surface area contributed by atoms with Crippen LogP contribution in [-0.4, -0.2) is 24.1 Å². The third kappa shape index (κ3) is 5.66. The van der Waals surface area contributed by atoms with Crippen LogP contribution in [0, 0.1) is 5.92 Å². The van der Waals surface area contributed by atoms with Crippen LogP contribution in [-0.2, 0) is 0 Å². The van der Waals surface area contributed by atoms with E-state index in [1.54, 1.807) is 0 Å². The highest BCUT2D eigenvalue weighted by atomic mass is 15.0. The molecule has 1 unspecified atom stereocenters. The molecule has 0 aliphatic heterocycles. The molecular weight excluding hydrogens is 695 g/mol. The van der Waals surface area contributed by atoms with Crippen LogP contribution in [0.4, 0.5) is 0 Å². The third-order valence-electron chi connectivity index (χ3n) is 11.3. The van der Waals surface area contributed by atoms with E-state index in [0.717, 1.165) is 39.9 Å². The SMILES string of the molecule is CC1C=C(n2ccc3ccc4c(ccc5c4c4ccccc4n5-c4cccc(-c5cccc(-c6nc(-c7ccccc7)nc(-c7ccccc7)n6)c5)c4)c32)C=CC1. The van der Waals surface area contributed by atoms with Crippen molar-refractivity contribution in [2.45, 2.75) is 13.3 Å². The van der Waals surface area contributed by atoms with Crippen LogP contribution in [0.2, 0.25) is 0 Å². The predicted octanol–water partition coefficient (Wildman–Crippen LogP) is 13.2. The highest BCUT2D eigenvalue weighted by Crippen LogP contribution is 2.41. The van der Waals surface area contributed by atoms with E-state index in [-0.39, 0.29) is 0 Å². The fourth-order valence-electron chi connectivity index (χ4n) is 8.58. The molecule has 0 radical (unpaired) electrons. The van der Waals surface area contributed by atoms with Crippen molar-refractivity contribution in [2.75, 3.05) is 0 Å². The summed E-state index contributed by atoms with van der Waals surface area (Å²) in [5.41, 5.74) is 11.0. The number of para-hydroxylation sites is 1. The lowest BCUT2D eigenvalue weighted by molar-refractivity contribution is 0.734. The molecule has 1 aliphatic rings. The number of fused-ring (bicyclic) bond motifs is 7. The average molecular weight is 732 g/mol. The number of hydrogen-bond donors (Lipinski definition) is 0. The maximum atomic E-state index is 5.00. The lowest BCUT2D eigenvalue weighted by Gasteiger charge is -2.16.